The average molecular weight is 228 g/mol. The molecule has 3 heteroatoms. The Morgan fingerprint density at radius 1 is 1.44 bits per heavy atom. The first-order valence-corrected chi connectivity index (χ1v) is 6.72. The number of piperidine rings is 1. The molecule has 1 rings (SSSR count). The largest absolute Gasteiger partial charge is 0.377 e. The van der Waals surface area contributed by atoms with Crippen LogP contribution in [0, 0.1) is 0 Å². The van der Waals surface area contributed by atoms with E-state index in [0.717, 1.165) is 25.7 Å². The van der Waals surface area contributed by atoms with E-state index in [1.807, 2.05) is 0 Å². The molecule has 2 unspecified atom stereocenters. The molecule has 0 aromatic carbocycles. The van der Waals surface area contributed by atoms with Gasteiger partial charge < -0.3 is 10.1 Å². The molecule has 0 bridgehead atoms. The first-order valence-electron chi connectivity index (χ1n) is 6.72. The second-order valence-corrected chi connectivity index (χ2v) is 5.08. The van der Waals surface area contributed by atoms with Crippen molar-refractivity contribution in [1.29, 1.82) is 0 Å². The summed E-state index contributed by atoms with van der Waals surface area (Å²) in [5.41, 5.74) is 0. The van der Waals surface area contributed by atoms with Crippen LogP contribution in [0.1, 0.15) is 40.5 Å². The zero-order valence-electron chi connectivity index (χ0n) is 11.3. The average Bonchev–Trinajstić information content (AvgIpc) is 2.21. The lowest BCUT2D eigenvalue weighted by atomic mass is 9.98. The van der Waals surface area contributed by atoms with E-state index in [9.17, 15) is 0 Å². The summed E-state index contributed by atoms with van der Waals surface area (Å²) >= 11 is 0. The molecule has 0 aromatic rings. The van der Waals surface area contributed by atoms with E-state index >= 15 is 0 Å². The van der Waals surface area contributed by atoms with Crippen molar-refractivity contribution in [1.82, 2.24) is 10.2 Å². The van der Waals surface area contributed by atoms with Gasteiger partial charge in [-0.05, 0) is 46.7 Å². The summed E-state index contributed by atoms with van der Waals surface area (Å²) < 4.78 is 5.61. The van der Waals surface area contributed by atoms with Gasteiger partial charge in [-0.25, -0.2) is 0 Å². The Labute approximate surface area is 101 Å². The van der Waals surface area contributed by atoms with E-state index in [1.54, 1.807) is 0 Å². The zero-order valence-corrected chi connectivity index (χ0v) is 11.3. The minimum atomic E-state index is 0.356. The van der Waals surface area contributed by atoms with Crippen LogP contribution in [0.3, 0.4) is 0 Å². The first kappa shape index (κ1) is 13.9. The molecule has 1 aliphatic heterocycles. The van der Waals surface area contributed by atoms with Crippen molar-refractivity contribution < 1.29 is 4.74 Å². The number of nitrogens with one attached hydrogen (secondary N) is 1. The van der Waals surface area contributed by atoms with Crippen molar-refractivity contribution in [2.24, 2.45) is 0 Å². The topological polar surface area (TPSA) is 24.5 Å². The summed E-state index contributed by atoms with van der Waals surface area (Å²) in [6.45, 7) is 13.0. The highest BCUT2D eigenvalue weighted by atomic mass is 16.5. The predicted molar refractivity (Wildman–Crippen MR) is 68.8 cm³/mol. The smallest absolute Gasteiger partial charge is 0.0597 e. The van der Waals surface area contributed by atoms with Crippen LogP contribution in [0.4, 0.5) is 0 Å². The minimum absolute atomic E-state index is 0.356. The van der Waals surface area contributed by atoms with E-state index in [0.29, 0.717) is 12.1 Å². The molecule has 0 aromatic heterocycles. The Bertz CT molecular complexity index is 185. The molecule has 2 atom stereocenters. The molecule has 1 heterocycles. The standard InChI is InChI=1S/C13H28N2O/c1-5-14-13-6-7-15(12(4)10-13)8-9-16-11(2)3/h11-14H,5-10H2,1-4H3. The van der Waals surface area contributed by atoms with Crippen molar-refractivity contribution in [2.45, 2.75) is 58.7 Å². The van der Waals surface area contributed by atoms with Gasteiger partial charge in [-0.2, -0.15) is 0 Å². The number of rotatable bonds is 6. The molecule has 0 amide bonds. The van der Waals surface area contributed by atoms with Gasteiger partial charge in [0, 0.05) is 18.6 Å². The molecule has 1 saturated heterocycles. The summed E-state index contributed by atoms with van der Waals surface area (Å²) in [5.74, 6) is 0. The van der Waals surface area contributed by atoms with Gasteiger partial charge in [-0.1, -0.05) is 6.92 Å². The summed E-state index contributed by atoms with van der Waals surface area (Å²) in [6, 6.07) is 1.41. The molecule has 96 valence electrons. The van der Waals surface area contributed by atoms with Gasteiger partial charge in [-0.15, -0.1) is 0 Å². The monoisotopic (exact) mass is 228 g/mol. The fourth-order valence-electron chi connectivity index (χ4n) is 2.43. The second kappa shape index (κ2) is 7.25. The van der Waals surface area contributed by atoms with Gasteiger partial charge in [0.2, 0.25) is 0 Å². The van der Waals surface area contributed by atoms with Gasteiger partial charge in [-0.3, -0.25) is 4.90 Å². The van der Waals surface area contributed by atoms with Gasteiger partial charge in [0.05, 0.1) is 12.7 Å². The lowest BCUT2D eigenvalue weighted by molar-refractivity contribution is 0.0390. The molecule has 1 fully saturated rings. The van der Waals surface area contributed by atoms with Crippen LogP contribution in [-0.2, 0) is 4.74 Å². The Morgan fingerprint density at radius 2 is 2.19 bits per heavy atom. The molecule has 0 radical (unpaired) electrons. The maximum atomic E-state index is 5.61. The summed E-state index contributed by atoms with van der Waals surface area (Å²) in [4.78, 5) is 2.55. The van der Waals surface area contributed by atoms with Crippen LogP contribution < -0.4 is 5.32 Å². The number of hydrogen-bond acceptors (Lipinski definition) is 3. The highest BCUT2D eigenvalue weighted by Crippen LogP contribution is 2.16. The third kappa shape index (κ3) is 4.81. The quantitative estimate of drug-likeness (QED) is 0.751. The normalized spacial score (nSPS) is 27.6. The SMILES string of the molecule is CCNC1CCN(CCOC(C)C)C(C)C1. The molecule has 3 nitrogen and oxygen atoms in total. The fourth-order valence-corrected chi connectivity index (χ4v) is 2.43. The minimum Gasteiger partial charge on any atom is -0.377 e. The van der Waals surface area contributed by atoms with Crippen molar-refractivity contribution in [3.05, 3.63) is 0 Å². The number of hydrogen-bond donors (Lipinski definition) is 1. The molecule has 16 heavy (non-hydrogen) atoms. The molecule has 0 saturated carbocycles. The molecule has 0 aliphatic carbocycles. The Hall–Kier alpha value is -0.120. The maximum absolute atomic E-state index is 5.61. The number of nitrogens with zero attached hydrogens (tertiary/aromatic N) is 1. The molecular formula is C13H28N2O. The van der Waals surface area contributed by atoms with Gasteiger partial charge in [0.15, 0.2) is 0 Å². The number of ether oxygens (including phenoxy) is 1. The Balaban J connectivity index is 2.20. The van der Waals surface area contributed by atoms with Crippen LogP contribution in [0.5, 0.6) is 0 Å². The van der Waals surface area contributed by atoms with Gasteiger partial charge in [0.25, 0.3) is 0 Å². The van der Waals surface area contributed by atoms with Crippen LogP contribution in [-0.4, -0.2) is 49.3 Å². The van der Waals surface area contributed by atoms with Crippen LogP contribution >= 0.6 is 0 Å². The van der Waals surface area contributed by atoms with E-state index in [4.69, 9.17) is 4.74 Å². The van der Waals surface area contributed by atoms with E-state index in [-0.39, 0.29) is 0 Å². The summed E-state index contributed by atoms with van der Waals surface area (Å²) in [5, 5.41) is 3.55. The highest BCUT2D eigenvalue weighted by molar-refractivity contribution is 4.82. The third-order valence-corrected chi connectivity index (χ3v) is 3.34. The van der Waals surface area contributed by atoms with E-state index in [1.165, 1.54) is 19.4 Å². The fraction of sp³-hybridized carbons (Fsp3) is 1.00. The summed E-state index contributed by atoms with van der Waals surface area (Å²) in [6.07, 6.45) is 2.91. The highest BCUT2D eigenvalue weighted by Gasteiger charge is 2.24. The molecular weight excluding hydrogens is 200 g/mol. The van der Waals surface area contributed by atoms with E-state index < -0.39 is 0 Å². The molecule has 1 aliphatic rings. The zero-order chi connectivity index (χ0) is 12.0. The van der Waals surface area contributed by atoms with Crippen molar-refractivity contribution >= 4 is 0 Å². The van der Waals surface area contributed by atoms with Crippen molar-refractivity contribution in [3.63, 3.8) is 0 Å². The predicted octanol–water partition coefficient (Wildman–Crippen LogP) is 1.87. The second-order valence-electron chi connectivity index (χ2n) is 5.08. The third-order valence-electron chi connectivity index (χ3n) is 3.34. The lowest BCUT2D eigenvalue weighted by Crippen LogP contribution is -2.48. The van der Waals surface area contributed by atoms with Crippen molar-refractivity contribution in [3.8, 4) is 0 Å². The molecule has 0 spiro atoms. The van der Waals surface area contributed by atoms with Gasteiger partial charge >= 0.3 is 0 Å². The Morgan fingerprint density at radius 3 is 2.75 bits per heavy atom. The van der Waals surface area contributed by atoms with Gasteiger partial charge in [0.1, 0.15) is 0 Å². The Kier molecular flexibility index (Phi) is 6.32. The van der Waals surface area contributed by atoms with Crippen LogP contribution in [0.25, 0.3) is 0 Å². The van der Waals surface area contributed by atoms with Crippen LogP contribution in [0.2, 0.25) is 0 Å². The first-order chi connectivity index (χ1) is 7.63. The summed E-state index contributed by atoms with van der Waals surface area (Å²) in [7, 11) is 0. The van der Waals surface area contributed by atoms with Crippen molar-refractivity contribution in [2.75, 3.05) is 26.2 Å². The number of likely N-dealkylation sites (tertiary alicyclic amines) is 1. The maximum Gasteiger partial charge on any atom is 0.0597 e. The lowest BCUT2D eigenvalue weighted by Gasteiger charge is -2.38. The molecule has 1 N–H and O–H groups in total. The van der Waals surface area contributed by atoms with E-state index in [2.05, 4.69) is 37.9 Å². The van der Waals surface area contributed by atoms with Crippen LogP contribution in [0.15, 0.2) is 0 Å².